The van der Waals surface area contributed by atoms with E-state index in [-0.39, 0.29) is 18.0 Å². The van der Waals surface area contributed by atoms with Gasteiger partial charge in [-0.1, -0.05) is 25.0 Å². The highest BCUT2D eigenvalue weighted by atomic mass is 32.1. The lowest BCUT2D eigenvalue weighted by Crippen LogP contribution is -2.36. The molecule has 8 heteroatoms. The van der Waals surface area contributed by atoms with E-state index in [1.54, 1.807) is 0 Å². The minimum Gasteiger partial charge on any atom is -0.335 e. The first-order valence-electron chi connectivity index (χ1n) is 10.2. The van der Waals surface area contributed by atoms with Crippen LogP contribution in [0.2, 0.25) is 0 Å². The smallest absolute Gasteiger partial charge is 0.321 e. The summed E-state index contributed by atoms with van der Waals surface area (Å²) in [7, 11) is 0. The maximum Gasteiger partial charge on any atom is 0.321 e. The lowest BCUT2D eigenvalue weighted by molar-refractivity contribution is -0.117. The maximum atomic E-state index is 12.4. The maximum absolute atomic E-state index is 12.4. The van der Waals surface area contributed by atoms with Crippen LogP contribution < -0.4 is 16.0 Å². The highest BCUT2D eigenvalue weighted by molar-refractivity contribution is 7.15. The van der Waals surface area contributed by atoms with Gasteiger partial charge in [-0.15, -0.1) is 11.3 Å². The van der Waals surface area contributed by atoms with E-state index in [4.69, 9.17) is 0 Å². The van der Waals surface area contributed by atoms with Crippen molar-refractivity contribution in [2.24, 2.45) is 0 Å². The van der Waals surface area contributed by atoms with Crippen molar-refractivity contribution in [2.45, 2.75) is 51.6 Å². The van der Waals surface area contributed by atoms with Crippen molar-refractivity contribution in [1.29, 1.82) is 0 Å². The summed E-state index contributed by atoms with van der Waals surface area (Å²) in [4.78, 5) is 32.4. The standard InChI is InChI=1S/C21H27N5O2S/c1-14-5-4-8-16(11-14)22-19(27)13-26-10-9-17-18(12-26)29-21(24-17)25-20(28)23-15-6-2-3-7-15/h4-5,8,11,15H,2-3,6-7,9-10,12-13H2,1H3,(H,22,27)(H2,23,24,25,28). The third-order valence-corrected chi connectivity index (χ3v) is 6.39. The Morgan fingerprint density at radius 2 is 2.07 bits per heavy atom. The highest BCUT2D eigenvalue weighted by Gasteiger charge is 2.23. The van der Waals surface area contributed by atoms with Crippen LogP contribution in [0.4, 0.5) is 15.6 Å². The third-order valence-electron chi connectivity index (χ3n) is 5.39. The number of aryl methyl sites for hydroxylation is 1. The van der Waals surface area contributed by atoms with Gasteiger partial charge in [-0.3, -0.25) is 15.0 Å². The molecule has 2 heterocycles. The van der Waals surface area contributed by atoms with Crippen LogP contribution in [-0.2, 0) is 17.8 Å². The molecule has 2 aromatic rings. The summed E-state index contributed by atoms with van der Waals surface area (Å²) < 4.78 is 0. The van der Waals surface area contributed by atoms with E-state index in [2.05, 4.69) is 25.8 Å². The Hall–Kier alpha value is -2.45. The highest BCUT2D eigenvalue weighted by Crippen LogP contribution is 2.28. The number of rotatable bonds is 5. The molecule has 1 aromatic heterocycles. The summed E-state index contributed by atoms with van der Waals surface area (Å²) >= 11 is 1.50. The molecule has 0 atom stereocenters. The van der Waals surface area contributed by atoms with E-state index >= 15 is 0 Å². The second-order valence-corrected chi connectivity index (χ2v) is 8.93. The van der Waals surface area contributed by atoms with Crippen LogP contribution in [-0.4, -0.2) is 41.0 Å². The van der Waals surface area contributed by atoms with Gasteiger partial charge in [-0.2, -0.15) is 0 Å². The lowest BCUT2D eigenvalue weighted by Gasteiger charge is -2.25. The zero-order valence-electron chi connectivity index (χ0n) is 16.7. The minimum atomic E-state index is -0.169. The SMILES string of the molecule is Cc1cccc(NC(=O)CN2CCc3nc(NC(=O)NC4CCCC4)sc3C2)c1. The molecule has 3 N–H and O–H groups in total. The molecule has 0 saturated heterocycles. The van der Waals surface area contributed by atoms with Gasteiger partial charge in [0.05, 0.1) is 12.2 Å². The number of nitrogens with zero attached hydrogens (tertiary/aromatic N) is 2. The van der Waals surface area contributed by atoms with Gasteiger partial charge in [-0.25, -0.2) is 9.78 Å². The fraction of sp³-hybridized carbons (Fsp3) is 0.476. The molecule has 29 heavy (non-hydrogen) atoms. The topological polar surface area (TPSA) is 86.4 Å². The minimum absolute atomic E-state index is 0.0159. The van der Waals surface area contributed by atoms with Gasteiger partial charge < -0.3 is 10.6 Å². The second kappa shape index (κ2) is 8.92. The average Bonchev–Trinajstić information content (AvgIpc) is 3.30. The van der Waals surface area contributed by atoms with Crippen molar-refractivity contribution in [2.75, 3.05) is 23.7 Å². The quantitative estimate of drug-likeness (QED) is 0.700. The van der Waals surface area contributed by atoms with Crippen LogP contribution in [0.1, 0.15) is 41.8 Å². The summed E-state index contributed by atoms with van der Waals surface area (Å²) in [6.45, 7) is 3.81. The molecular weight excluding hydrogens is 386 g/mol. The molecule has 1 aliphatic carbocycles. The number of thiazole rings is 1. The zero-order chi connectivity index (χ0) is 20.2. The van der Waals surface area contributed by atoms with Gasteiger partial charge in [0.1, 0.15) is 0 Å². The molecule has 1 aromatic carbocycles. The predicted octanol–water partition coefficient (Wildman–Crippen LogP) is 3.51. The van der Waals surface area contributed by atoms with Crippen molar-refractivity contribution in [1.82, 2.24) is 15.2 Å². The molecule has 1 fully saturated rings. The molecule has 0 bridgehead atoms. The lowest BCUT2D eigenvalue weighted by atomic mass is 10.2. The predicted molar refractivity (Wildman–Crippen MR) is 115 cm³/mol. The molecule has 3 amide bonds. The normalized spacial score (nSPS) is 17.0. The van der Waals surface area contributed by atoms with Crippen LogP contribution in [0.15, 0.2) is 24.3 Å². The molecule has 7 nitrogen and oxygen atoms in total. The first-order chi connectivity index (χ1) is 14.0. The average molecular weight is 414 g/mol. The Kier molecular flexibility index (Phi) is 6.10. The van der Waals surface area contributed by atoms with Crippen molar-refractivity contribution < 1.29 is 9.59 Å². The molecular formula is C21H27N5O2S. The molecule has 0 unspecified atom stereocenters. The van der Waals surface area contributed by atoms with Crippen LogP contribution in [0.25, 0.3) is 0 Å². The summed E-state index contributed by atoms with van der Waals surface area (Å²) in [6.07, 6.45) is 5.27. The van der Waals surface area contributed by atoms with Crippen molar-refractivity contribution in [3.63, 3.8) is 0 Å². The Morgan fingerprint density at radius 1 is 1.24 bits per heavy atom. The van der Waals surface area contributed by atoms with Crippen LogP contribution >= 0.6 is 11.3 Å². The molecule has 2 aliphatic rings. The molecule has 154 valence electrons. The Labute approximate surface area is 174 Å². The number of nitrogens with one attached hydrogen (secondary N) is 3. The number of benzene rings is 1. The number of carbonyl (C=O) groups excluding carboxylic acids is 2. The van der Waals surface area contributed by atoms with Gasteiger partial charge in [0, 0.05) is 36.1 Å². The molecule has 1 saturated carbocycles. The summed E-state index contributed by atoms with van der Waals surface area (Å²) in [5.41, 5.74) is 2.97. The van der Waals surface area contributed by atoms with Gasteiger partial charge in [0.2, 0.25) is 5.91 Å². The Bertz CT molecular complexity index is 891. The first-order valence-corrected chi connectivity index (χ1v) is 11.0. The van der Waals surface area contributed by atoms with E-state index in [0.29, 0.717) is 18.2 Å². The van der Waals surface area contributed by atoms with Crippen molar-refractivity contribution in [3.05, 3.63) is 40.4 Å². The van der Waals surface area contributed by atoms with E-state index in [1.807, 2.05) is 31.2 Å². The number of hydrogen-bond acceptors (Lipinski definition) is 5. The van der Waals surface area contributed by atoms with Crippen molar-refractivity contribution in [3.8, 4) is 0 Å². The molecule has 0 radical (unpaired) electrons. The van der Waals surface area contributed by atoms with Crippen LogP contribution in [0.3, 0.4) is 0 Å². The number of hydrogen-bond donors (Lipinski definition) is 3. The zero-order valence-corrected chi connectivity index (χ0v) is 17.5. The fourth-order valence-corrected chi connectivity index (χ4v) is 5.00. The summed E-state index contributed by atoms with van der Waals surface area (Å²) in [5, 5.41) is 9.50. The van der Waals surface area contributed by atoms with Crippen LogP contribution in [0, 0.1) is 6.92 Å². The monoisotopic (exact) mass is 413 g/mol. The van der Waals surface area contributed by atoms with Gasteiger partial charge >= 0.3 is 6.03 Å². The number of fused-ring (bicyclic) bond motifs is 1. The first kappa shape index (κ1) is 19.8. The summed E-state index contributed by atoms with van der Waals surface area (Å²) in [5.74, 6) is -0.0159. The molecule has 1 aliphatic heterocycles. The third kappa shape index (κ3) is 5.33. The van der Waals surface area contributed by atoms with E-state index in [0.717, 1.165) is 47.6 Å². The number of aromatic nitrogens is 1. The molecule has 0 spiro atoms. The number of amides is 3. The fourth-order valence-electron chi connectivity index (χ4n) is 3.95. The summed E-state index contributed by atoms with van der Waals surface area (Å²) in [6, 6.07) is 7.92. The largest absolute Gasteiger partial charge is 0.335 e. The molecule has 4 rings (SSSR count). The van der Waals surface area contributed by atoms with E-state index < -0.39 is 0 Å². The van der Waals surface area contributed by atoms with Gasteiger partial charge in [-0.05, 0) is 37.5 Å². The number of urea groups is 1. The Morgan fingerprint density at radius 3 is 2.86 bits per heavy atom. The number of carbonyl (C=O) groups is 2. The van der Waals surface area contributed by atoms with Gasteiger partial charge in [0.15, 0.2) is 5.13 Å². The Balaban J connectivity index is 1.29. The van der Waals surface area contributed by atoms with E-state index in [1.165, 1.54) is 24.2 Å². The van der Waals surface area contributed by atoms with Crippen molar-refractivity contribution >= 4 is 34.1 Å². The second-order valence-electron chi connectivity index (χ2n) is 7.85. The van der Waals surface area contributed by atoms with Gasteiger partial charge in [0.25, 0.3) is 0 Å². The van der Waals surface area contributed by atoms with Crippen LogP contribution in [0.5, 0.6) is 0 Å². The number of anilines is 2. The van der Waals surface area contributed by atoms with E-state index in [9.17, 15) is 9.59 Å².